The SMILES string of the molecule is COc1cc(-n2cc(F)cn2)ccc1-n1ccc(=O)c(-c2ccnn2-c2ccccc2)n1. The topological polar surface area (TPSA) is 79.8 Å². The maximum absolute atomic E-state index is 13.3. The van der Waals surface area contributed by atoms with Crippen LogP contribution >= 0.6 is 0 Å². The highest BCUT2D eigenvalue weighted by atomic mass is 19.1. The van der Waals surface area contributed by atoms with Gasteiger partial charge in [0, 0.05) is 18.3 Å². The van der Waals surface area contributed by atoms with Gasteiger partial charge in [-0.3, -0.25) is 4.79 Å². The van der Waals surface area contributed by atoms with Crippen molar-refractivity contribution in [2.75, 3.05) is 7.11 Å². The molecule has 5 aromatic rings. The van der Waals surface area contributed by atoms with Crippen LogP contribution in [0.3, 0.4) is 0 Å². The summed E-state index contributed by atoms with van der Waals surface area (Å²) in [6.07, 6.45) is 5.60. The summed E-state index contributed by atoms with van der Waals surface area (Å²) < 4.78 is 23.5. The number of halogens is 1. The van der Waals surface area contributed by atoms with Gasteiger partial charge in [0.25, 0.3) is 0 Å². The highest BCUT2D eigenvalue weighted by Crippen LogP contribution is 2.26. The van der Waals surface area contributed by atoms with Crippen LogP contribution in [-0.4, -0.2) is 36.5 Å². The van der Waals surface area contributed by atoms with Crippen molar-refractivity contribution in [3.63, 3.8) is 0 Å². The Balaban J connectivity index is 1.60. The second-order valence-electron chi connectivity index (χ2n) is 6.90. The van der Waals surface area contributed by atoms with Crippen molar-refractivity contribution in [1.82, 2.24) is 29.3 Å². The number of hydrogen-bond acceptors (Lipinski definition) is 5. The number of aromatic nitrogens is 6. The van der Waals surface area contributed by atoms with Crippen LogP contribution in [0.2, 0.25) is 0 Å². The van der Waals surface area contributed by atoms with E-state index in [-0.39, 0.29) is 11.1 Å². The van der Waals surface area contributed by atoms with E-state index >= 15 is 0 Å². The summed E-state index contributed by atoms with van der Waals surface area (Å²) >= 11 is 0. The van der Waals surface area contributed by atoms with Gasteiger partial charge in [-0.1, -0.05) is 18.2 Å². The van der Waals surface area contributed by atoms with E-state index in [1.165, 1.54) is 24.1 Å². The van der Waals surface area contributed by atoms with Gasteiger partial charge in [0.2, 0.25) is 5.43 Å². The van der Waals surface area contributed by atoms with Crippen molar-refractivity contribution in [3.05, 3.63) is 101 Å². The summed E-state index contributed by atoms with van der Waals surface area (Å²) in [4.78, 5) is 12.7. The highest BCUT2D eigenvalue weighted by molar-refractivity contribution is 5.58. The standard InChI is InChI=1S/C23H17FN6O2/c1-32-22-13-18(29-15-16(24)14-26-29)7-8-19(22)28-12-10-21(31)23(27-28)20-9-11-25-30(20)17-5-3-2-4-6-17/h2-15H,1H3. The molecule has 0 N–H and O–H groups in total. The van der Waals surface area contributed by atoms with Gasteiger partial charge >= 0.3 is 0 Å². The fourth-order valence-electron chi connectivity index (χ4n) is 3.42. The largest absolute Gasteiger partial charge is 0.494 e. The summed E-state index contributed by atoms with van der Waals surface area (Å²) in [6.45, 7) is 0. The number of para-hydroxylation sites is 1. The lowest BCUT2D eigenvalue weighted by Crippen LogP contribution is -2.15. The van der Waals surface area contributed by atoms with Crippen LogP contribution in [0.15, 0.2) is 90.2 Å². The molecule has 8 nitrogen and oxygen atoms in total. The number of ether oxygens (including phenoxy) is 1. The molecule has 0 fully saturated rings. The van der Waals surface area contributed by atoms with E-state index in [1.807, 2.05) is 30.3 Å². The Kier molecular flexibility index (Phi) is 4.83. The third kappa shape index (κ3) is 3.45. The molecule has 0 aliphatic carbocycles. The lowest BCUT2D eigenvalue weighted by molar-refractivity contribution is 0.411. The first kappa shape index (κ1) is 19.4. The number of methoxy groups -OCH3 is 1. The second kappa shape index (κ2) is 7.95. The van der Waals surface area contributed by atoms with Crippen molar-refractivity contribution in [2.24, 2.45) is 0 Å². The Hall–Kier alpha value is -4.53. The Labute approximate surface area is 181 Å². The van der Waals surface area contributed by atoms with Crippen molar-refractivity contribution in [2.45, 2.75) is 0 Å². The predicted octanol–water partition coefficient (Wildman–Crippen LogP) is 3.42. The molecule has 0 bridgehead atoms. The van der Waals surface area contributed by atoms with Gasteiger partial charge in [-0.15, -0.1) is 0 Å². The average Bonchev–Trinajstić information content (AvgIpc) is 3.49. The third-order valence-corrected chi connectivity index (χ3v) is 4.92. The summed E-state index contributed by atoms with van der Waals surface area (Å²) in [5.41, 5.74) is 2.63. The fourth-order valence-corrected chi connectivity index (χ4v) is 3.42. The highest BCUT2D eigenvalue weighted by Gasteiger charge is 2.15. The summed E-state index contributed by atoms with van der Waals surface area (Å²) in [7, 11) is 1.53. The minimum absolute atomic E-state index is 0.235. The predicted molar refractivity (Wildman–Crippen MR) is 116 cm³/mol. The lowest BCUT2D eigenvalue weighted by Gasteiger charge is -2.13. The Morgan fingerprint density at radius 2 is 1.78 bits per heavy atom. The van der Waals surface area contributed by atoms with E-state index in [0.29, 0.717) is 22.8 Å². The zero-order chi connectivity index (χ0) is 22.1. The van der Waals surface area contributed by atoms with E-state index < -0.39 is 5.82 Å². The van der Waals surface area contributed by atoms with Crippen LogP contribution in [0, 0.1) is 5.82 Å². The molecule has 5 rings (SSSR count). The molecule has 9 heteroatoms. The molecule has 0 aliphatic rings. The Morgan fingerprint density at radius 3 is 2.53 bits per heavy atom. The molecule has 0 unspecified atom stereocenters. The number of rotatable bonds is 5. The molecule has 3 heterocycles. The van der Waals surface area contributed by atoms with Crippen molar-refractivity contribution in [3.8, 4) is 34.2 Å². The molecule has 0 spiro atoms. The van der Waals surface area contributed by atoms with Crippen LogP contribution in [0.5, 0.6) is 5.75 Å². The summed E-state index contributed by atoms with van der Waals surface area (Å²) in [5, 5.41) is 12.9. The zero-order valence-electron chi connectivity index (χ0n) is 17.0. The second-order valence-corrected chi connectivity index (χ2v) is 6.90. The summed E-state index contributed by atoms with van der Waals surface area (Å²) in [5.74, 6) is 0.0480. The normalized spacial score (nSPS) is 10.9. The first-order valence-electron chi connectivity index (χ1n) is 9.73. The smallest absolute Gasteiger partial charge is 0.209 e. The van der Waals surface area contributed by atoms with Crippen molar-refractivity contribution < 1.29 is 9.13 Å². The number of nitrogens with zero attached hydrogens (tertiary/aromatic N) is 6. The monoisotopic (exact) mass is 428 g/mol. The maximum atomic E-state index is 13.3. The van der Waals surface area contributed by atoms with Crippen LogP contribution in [0.25, 0.3) is 28.5 Å². The molecule has 0 aliphatic heterocycles. The van der Waals surface area contributed by atoms with Gasteiger partial charge in [-0.2, -0.15) is 15.3 Å². The minimum atomic E-state index is -0.435. The first-order chi connectivity index (χ1) is 15.6. The van der Waals surface area contributed by atoms with Crippen LogP contribution < -0.4 is 10.2 Å². The van der Waals surface area contributed by atoms with Crippen LogP contribution in [-0.2, 0) is 0 Å². The van der Waals surface area contributed by atoms with Gasteiger partial charge in [0.15, 0.2) is 11.5 Å². The molecule has 0 atom stereocenters. The molecule has 3 aromatic heterocycles. The van der Waals surface area contributed by atoms with E-state index in [1.54, 1.807) is 46.0 Å². The zero-order valence-corrected chi connectivity index (χ0v) is 17.0. The van der Waals surface area contributed by atoms with Gasteiger partial charge in [-0.05, 0) is 30.3 Å². The first-order valence-corrected chi connectivity index (χ1v) is 9.73. The average molecular weight is 428 g/mol. The van der Waals surface area contributed by atoms with Crippen molar-refractivity contribution in [1.29, 1.82) is 0 Å². The quantitative estimate of drug-likeness (QED) is 0.429. The van der Waals surface area contributed by atoms with Crippen LogP contribution in [0.4, 0.5) is 4.39 Å². The lowest BCUT2D eigenvalue weighted by atomic mass is 10.2. The van der Waals surface area contributed by atoms with E-state index in [2.05, 4.69) is 15.3 Å². The van der Waals surface area contributed by atoms with Gasteiger partial charge in [-0.25, -0.2) is 18.4 Å². The molecule has 0 saturated heterocycles. The molecule has 0 amide bonds. The summed E-state index contributed by atoms with van der Waals surface area (Å²) in [6, 6.07) is 17.9. The third-order valence-electron chi connectivity index (χ3n) is 4.92. The number of benzene rings is 2. The van der Waals surface area contributed by atoms with Gasteiger partial charge < -0.3 is 4.74 Å². The fraction of sp³-hybridized carbons (Fsp3) is 0.0435. The van der Waals surface area contributed by atoms with Crippen molar-refractivity contribution >= 4 is 0 Å². The molecule has 158 valence electrons. The van der Waals surface area contributed by atoms with Gasteiger partial charge in [0.05, 0.1) is 42.8 Å². The molecule has 32 heavy (non-hydrogen) atoms. The van der Waals surface area contributed by atoms with E-state index in [0.717, 1.165) is 11.9 Å². The molecular weight excluding hydrogens is 411 g/mol. The Bertz CT molecular complexity index is 1450. The molecule has 0 saturated carbocycles. The molecular formula is C23H17FN6O2. The van der Waals surface area contributed by atoms with E-state index in [9.17, 15) is 9.18 Å². The maximum Gasteiger partial charge on any atom is 0.209 e. The number of hydrogen-bond donors (Lipinski definition) is 0. The minimum Gasteiger partial charge on any atom is -0.494 e. The molecule has 0 radical (unpaired) electrons. The van der Waals surface area contributed by atoms with Crippen LogP contribution in [0.1, 0.15) is 0 Å². The Morgan fingerprint density at radius 1 is 0.938 bits per heavy atom. The molecule has 2 aromatic carbocycles. The van der Waals surface area contributed by atoms with Gasteiger partial charge in [0.1, 0.15) is 11.4 Å². The van der Waals surface area contributed by atoms with E-state index in [4.69, 9.17) is 4.74 Å².